The molecule has 13 aromatic rings. The Morgan fingerprint density at radius 2 is 0.506 bits per heavy atom. The van der Waals surface area contributed by atoms with E-state index >= 15 is 0 Å². The van der Waals surface area contributed by atoms with E-state index in [1.54, 1.807) is 0 Å². The van der Waals surface area contributed by atoms with Gasteiger partial charge in [0.2, 0.25) is 0 Å². The van der Waals surface area contributed by atoms with Crippen LogP contribution in [0.15, 0.2) is 328 Å². The zero-order valence-electron chi connectivity index (χ0n) is 43.6. The number of anilines is 6. The Kier molecular flexibility index (Phi) is 12.2. The lowest BCUT2D eigenvalue weighted by Gasteiger charge is -2.42. The molecule has 1 aliphatic rings. The Bertz CT molecular complexity index is 4090. The number of nitrogens with zero attached hydrogens (tertiary/aromatic N) is 2. The van der Waals surface area contributed by atoms with Crippen LogP contribution in [0.1, 0.15) is 22.3 Å². The lowest BCUT2D eigenvalue weighted by Crippen LogP contribution is -2.34. The Morgan fingerprint density at radius 3 is 0.873 bits per heavy atom. The minimum Gasteiger partial charge on any atom is -0.311 e. The summed E-state index contributed by atoms with van der Waals surface area (Å²) in [7, 11) is 0. The van der Waals surface area contributed by atoms with Crippen molar-refractivity contribution in [1.29, 1.82) is 0 Å². The Morgan fingerprint density at radius 1 is 0.203 bits per heavy atom. The lowest BCUT2D eigenvalue weighted by atomic mass is 9.59. The summed E-state index contributed by atoms with van der Waals surface area (Å²) in [6.07, 6.45) is 0. The molecule has 0 aromatic heterocycles. The van der Waals surface area contributed by atoms with Crippen LogP contribution < -0.4 is 9.80 Å². The monoisotopic (exact) mass is 1010 g/mol. The summed E-state index contributed by atoms with van der Waals surface area (Å²) in [5.74, 6) is 0. The fraction of sp³-hybridized carbons (Fsp3) is 0.0130. The highest BCUT2D eigenvalue weighted by Crippen LogP contribution is 2.56. The summed E-state index contributed by atoms with van der Waals surface area (Å²) >= 11 is 0. The van der Waals surface area contributed by atoms with Gasteiger partial charge in [0.25, 0.3) is 0 Å². The maximum atomic E-state index is 2.47. The van der Waals surface area contributed by atoms with Crippen LogP contribution >= 0.6 is 0 Å². The maximum absolute atomic E-state index is 2.47. The second kappa shape index (κ2) is 20.3. The van der Waals surface area contributed by atoms with Crippen LogP contribution in [0.25, 0.3) is 66.4 Å². The minimum absolute atomic E-state index is 0.604. The molecule has 14 rings (SSSR count). The van der Waals surface area contributed by atoms with Gasteiger partial charge in [0.1, 0.15) is 0 Å². The standard InChI is InChI=1S/C77H54N2/c1-6-18-55(19-7-1)58-32-42-66(43-33-58)78(67-44-34-59(35-45-67)56-20-8-2-9-21-56)68-46-38-61(39-47-68)62-40-50-70(51-41-62)79(69-48-36-60(37-49-69)57-22-10-3-11-23-57)71-52-53-72-73-30-16-24-63-25-17-31-74(76(63)73)77(75(72)54-71,64-26-12-4-13-27-64)65-28-14-5-15-29-65/h1-54H. The third kappa shape index (κ3) is 8.57. The molecule has 0 N–H and O–H groups in total. The predicted octanol–water partition coefficient (Wildman–Crippen LogP) is 20.8. The number of rotatable bonds is 12. The highest BCUT2D eigenvalue weighted by Gasteiger charge is 2.44. The molecule has 0 saturated heterocycles. The van der Waals surface area contributed by atoms with Crippen LogP contribution in [0.5, 0.6) is 0 Å². The molecule has 0 spiro atoms. The quantitative estimate of drug-likeness (QED) is 0.120. The first-order valence-electron chi connectivity index (χ1n) is 27.2. The molecule has 0 radical (unpaired) electrons. The number of fused-ring (bicyclic) bond motifs is 2. The van der Waals surface area contributed by atoms with Crippen LogP contribution in [-0.4, -0.2) is 0 Å². The first-order chi connectivity index (χ1) is 39.2. The van der Waals surface area contributed by atoms with Gasteiger partial charge in [-0.2, -0.15) is 0 Å². The van der Waals surface area contributed by atoms with Crippen molar-refractivity contribution in [3.05, 3.63) is 350 Å². The normalized spacial score (nSPS) is 12.2. The molecular formula is C77H54N2. The molecule has 0 atom stereocenters. The van der Waals surface area contributed by atoms with Crippen molar-refractivity contribution in [3.63, 3.8) is 0 Å². The largest absolute Gasteiger partial charge is 0.311 e. The van der Waals surface area contributed by atoms with Gasteiger partial charge in [-0.05, 0) is 161 Å². The second-order valence-corrected chi connectivity index (χ2v) is 20.4. The molecular weight excluding hydrogens is 953 g/mol. The summed E-state index contributed by atoms with van der Waals surface area (Å²) in [5.41, 5.74) is 22.9. The second-order valence-electron chi connectivity index (χ2n) is 20.4. The van der Waals surface area contributed by atoms with Gasteiger partial charge >= 0.3 is 0 Å². The third-order valence-electron chi connectivity index (χ3n) is 16.0. The van der Waals surface area contributed by atoms with E-state index in [-0.39, 0.29) is 0 Å². The first kappa shape index (κ1) is 47.2. The number of benzene rings is 13. The van der Waals surface area contributed by atoms with E-state index in [0.29, 0.717) is 0 Å². The molecule has 0 heterocycles. The SMILES string of the molecule is c1ccc(-c2ccc(N(c3ccc(-c4ccccc4)cc3)c3ccc(-c4ccc(N(c5ccc(-c6ccccc6)cc5)c5ccc6c(c5)C(c5ccccc5)(c5ccccc5)c5cccc7cccc-6c57)cc4)cc3)cc2)cc1. The first-order valence-corrected chi connectivity index (χ1v) is 27.2. The van der Waals surface area contributed by atoms with Gasteiger partial charge in [-0.25, -0.2) is 0 Å². The molecule has 1 aliphatic carbocycles. The molecule has 372 valence electrons. The van der Waals surface area contributed by atoms with Gasteiger partial charge in [0.05, 0.1) is 5.41 Å². The molecule has 0 amide bonds. The topological polar surface area (TPSA) is 6.48 Å². The van der Waals surface area contributed by atoms with Crippen molar-refractivity contribution in [2.75, 3.05) is 9.80 Å². The van der Waals surface area contributed by atoms with E-state index < -0.39 is 5.41 Å². The van der Waals surface area contributed by atoms with Crippen molar-refractivity contribution < 1.29 is 0 Å². The van der Waals surface area contributed by atoms with Crippen LogP contribution in [0.4, 0.5) is 34.1 Å². The average Bonchev–Trinajstić information content (AvgIpc) is 3.21. The van der Waals surface area contributed by atoms with Gasteiger partial charge < -0.3 is 9.80 Å². The molecule has 0 saturated carbocycles. The fourth-order valence-electron chi connectivity index (χ4n) is 12.2. The summed E-state index contributed by atoms with van der Waals surface area (Å²) in [6, 6.07) is 120. The summed E-state index contributed by atoms with van der Waals surface area (Å²) in [4.78, 5) is 4.77. The van der Waals surface area contributed by atoms with E-state index in [0.717, 1.165) is 45.3 Å². The van der Waals surface area contributed by atoms with E-state index in [1.807, 2.05) is 0 Å². The zero-order valence-corrected chi connectivity index (χ0v) is 43.6. The lowest BCUT2D eigenvalue weighted by molar-refractivity contribution is 0.750. The average molecular weight is 1010 g/mol. The van der Waals surface area contributed by atoms with Crippen LogP contribution in [0.3, 0.4) is 0 Å². The van der Waals surface area contributed by atoms with E-state index in [1.165, 1.54) is 77.5 Å². The fourth-order valence-corrected chi connectivity index (χ4v) is 12.2. The Balaban J connectivity index is 0.867. The van der Waals surface area contributed by atoms with Crippen molar-refractivity contribution in [2.45, 2.75) is 5.41 Å². The summed E-state index contributed by atoms with van der Waals surface area (Å²) in [5, 5.41) is 2.55. The zero-order chi connectivity index (χ0) is 52.5. The summed E-state index contributed by atoms with van der Waals surface area (Å²) < 4.78 is 0. The van der Waals surface area contributed by atoms with E-state index in [2.05, 4.69) is 337 Å². The van der Waals surface area contributed by atoms with Gasteiger partial charge in [-0.15, -0.1) is 0 Å². The van der Waals surface area contributed by atoms with Crippen LogP contribution in [-0.2, 0) is 5.41 Å². The van der Waals surface area contributed by atoms with E-state index in [4.69, 9.17) is 0 Å². The van der Waals surface area contributed by atoms with Gasteiger partial charge in [0, 0.05) is 34.1 Å². The highest BCUT2D eigenvalue weighted by atomic mass is 15.1. The number of hydrogen-bond donors (Lipinski definition) is 0. The molecule has 79 heavy (non-hydrogen) atoms. The van der Waals surface area contributed by atoms with Crippen LogP contribution in [0.2, 0.25) is 0 Å². The van der Waals surface area contributed by atoms with Gasteiger partial charge in [-0.3, -0.25) is 0 Å². The third-order valence-corrected chi connectivity index (χ3v) is 16.0. The molecule has 2 heteroatoms. The van der Waals surface area contributed by atoms with Crippen molar-refractivity contribution in [3.8, 4) is 55.6 Å². The predicted molar refractivity (Wildman–Crippen MR) is 332 cm³/mol. The highest BCUT2D eigenvalue weighted by molar-refractivity contribution is 6.05. The van der Waals surface area contributed by atoms with Crippen molar-refractivity contribution >= 4 is 44.9 Å². The molecule has 2 nitrogen and oxygen atoms in total. The van der Waals surface area contributed by atoms with Crippen LogP contribution in [0, 0.1) is 0 Å². The van der Waals surface area contributed by atoms with Gasteiger partial charge in [0.15, 0.2) is 0 Å². The molecule has 0 fully saturated rings. The molecule has 0 bridgehead atoms. The molecule has 0 aliphatic heterocycles. The van der Waals surface area contributed by atoms with Crippen molar-refractivity contribution in [1.82, 2.24) is 0 Å². The molecule has 13 aromatic carbocycles. The minimum atomic E-state index is -0.604. The van der Waals surface area contributed by atoms with Gasteiger partial charge in [-0.1, -0.05) is 255 Å². The number of hydrogen-bond acceptors (Lipinski definition) is 2. The summed E-state index contributed by atoms with van der Waals surface area (Å²) in [6.45, 7) is 0. The Hall–Kier alpha value is -10.3. The van der Waals surface area contributed by atoms with E-state index in [9.17, 15) is 0 Å². The smallest absolute Gasteiger partial charge is 0.0714 e. The maximum Gasteiger partial charge on any atom is 0.0714 e. The Labute approximate surface area is 463 Å². The van der Waals surface area contributed by atoms with Crippen molar-refractivity contribution in [2.24, 2.45) is 0 Å². The molecule has 0 unspecified atom stereocenters.